The maximum atomic E-state index is 6.09. The van der Waals surface area contributed by atoms with E-state index in [1.165, 1.54) is 0 Å². The largest absolute Gasteiger partial charge is 0.494 e. The highest BCUT2D eigenvalue weighted by Crippen LogP contribution is 2.21. The molecule has 0 atom stereocenters. The lowest BCUT2D eigenvalue weighted by Crippen LogP contribution is -2.28. The Hall–Kier alpha value is -2.64. The number of para-hydroxylation sites is 1. The van der Waals surface area contributed by atoms with Gasteiger partial charge in [0, 0.05) is 5.56 Å². The summed E-state index contributed by atoms with van der Waals surface area (Å²) in [5.74, 6) is 1.74. The van der Waals surface area contributed by atoms with Crippen molar-refractivity contribution in [2.75, 3.05) is 11.9 Å². The van der Waals surface area contributed by atoms with Gasteiger partial charge in [0.1, 0.15) is 5.75 Å². The number of ether oxygens (including phenoxy) is 1. The quantitative estimate of drug-likeness (QED) is 0.610. The second-order valence-electron chi connectivity index (χ2n) is 5.26. The van der Waals surface area contributed by atoms with Crippen molar-refractivity contribution >= 4 is 34.6 Å². The Balaban J connectivity index is 1.56. The topological polar surface area (TPSA) is 72.2 Å². The van der Waals surface area contributed by atoms with E-state index in [4.69, 9.17) is 33.1 Å². The molecule has 1 heterocycles. The Morgan fingerprint density at radius 1 is 1.19 bits per heavy atom. The van der Waals surface area contributed by atoms with E-state index < -0.39 is 0 Å². The van der Waals surface area contributed by atoms with E-state index in [-0.39, 0.29) is 0 Å². The molecular formula is C18H17ClN4O2S. The molecular weight excluding hydrogens is 372 g/mol. The molecule has 0 saturated carbocycles. The molecule has 0 aliphatic heterocycles. The average Bonchev–Trinajstić information content (AvgIpc) is 3.12. The summed E-state index contributed by atoms with van der Waals surface area (Å²) in [6.45, 7) is 2.87. The number of anilines is 1. The molecule has 1 aromatic heterocycles. The Kier molecular flexibility index (Phi) is 6.04. The highest BCUT2D eigenvalue weighted by atomic mass is 35.5. The van der Waals surface area contributed by atoms with Gasteiger partial charge in [0.15, 0.2) is 5.11 Å². The molecule has 0 radical (unpaired) electrons. The molecule has 2 N–H and O–H groups in total. The molecule has 0 aliphatic carbocycles. The van der Waals surface area contributed by atoms with Crippen LogP contribution in [0, 0.1) is 0 Å². The third-order valence-electron chi connectivity index (χ3n) is 3.41. The lowest BCUT2D eigenvalue weighted by molar-refractivity contribution is 0.340. The predicted octanol–water partition coefficient (Wildman–Crippen LogP) is 4.28. The van der Waals surface area contributed by atoms with Gasteiger partial charge in [0.25, 0.3) is 0 Å². The summed E-state index contributed by atoms with van der Waals surface area (Å²) in [5, 5.41) is 11.0. The Bertz CT molecular complexity index is 883. The van der Waals surface area contributed by atoms with Crippen molar-refractivity contribution in [2.24, 2.45) is 0 Å². The Morgan fingerprint density at radius 3 is 2.69 bits per heavy atom. The third kappa shape index (κ3) is 4.71. The summed E-state index contributed by atoms with van der Waals surface area (Å²) in [5.41, 5.74) is 1.58. The molecule has 0 spiro atoms. The zero-order chi connectivity index (χ0) is 18.4. The fraction of sp³-hybridized carbons (Fsp3) is 0.167. The van der Waals surface area contributed by atoms with Crippen LogP contribution in [0.25, 0.3) is 11.4 Å². The molecule has 0 aliphatic rings. The van der Waals surface area contributed by atoms with E-state index >= 15 is 0 Å². The summed E-state index contributed by atoms with van der Waals surface area (Å²) in [6, 6.07) is 14.9. The SMILES string of the molecule is CCOc1ccc(-c2noc(CNC(=S)Nc3ccccc3Cl)n2)cc1. The maximum absolute atomic E-state index is 6.09. The van der Waals surface area contributed by atoms with Crippen LogP contribution in [-0.2, 0) is 6.54 Å². The molecule has 3 rings (SSSR count). The van der Waals surface area contributed by atoms with Gasteiger partial charge in [-0.2, -0.15) is 4.98 Å². The van der Waals surface area contributed by atoms with Gasteiger partial charge in [-0.05, 0) is 55.5 Å². The molecule has 26 heavy (non-hydrogen) atoms. The summed E-state index contributed by atoms with van der Waals surface area (Å²) in [6.07, 6.45) is 0. The van der Waals surface area contributed by atoms with Crippen LogP contribution in [0.3, 0.4) is 0 Å². The lowest BCUT2D eigenvalue weighted by Gasteiger charge is -2.09. The number of nitrogens with one attached hydrogen (secondary N) is 2. The highest BCUT2D eigenvalue weighted by Gasteiger charge is 2.09. The number of hydrogen-bond donors (Lipinski definition) is 2. The van der Waals surface area contributed by atoms with Crippen molar-refractivity contribution in [3.05, 3.63) is 59.4 Å². The standard InChI is InChI=1S/C18H17ClN4O2S/c1-2-24-13-9-7-12(8-10-13)17-22-16(25-23-17)11-20-18(26)21-15-6-4-3-5-14(15)19/h3-10H,2,11H2,1H3,(H2,20,21,26). The van der Waals surface area contributed by atoms with E-state index in [1.807, 2.05) is 49.4 Å². The zero-order valence-electron chi connectivity index (χ0n) is 14.0. The van der Waals surface area contributed by atoms with E-state index in [0.717, 1.165) is 17.0 Å². The fourth-order valence-electron chi connectivity index (χ4n) is 2.20. The van der Waals surface area contributed by atoms with Gasteiger partial charge in [-0.25, -0.2) is 0 Å². The van der Waals surface area contributed by atoms with Crippen LogP contribution in [0.2, 0.25) is 5.02 Å². The number of thiocarbonyl (C=S) groups is 1. The molecule has 0 amide bonds. The second-order valence-corrected chi connectivity index (χ2v) is 6.07. The minimum atomic E-state index is 0.306. The average molecular weight is 389 g/mol. The summed E-state index contributed by atoms with van der Waals surface area (Å²) >= 11 is 11.3. The number of hydrogen-bond acceptors (Lipinski definition) is 5. The minimum Gasteiger partial charge on any atom is -0.494 e. The van der Waals surface area contributed by atoms with Gasteiger partial charge in [-0.15, -0.1) is 0 Å². The molecule has 2 aromatic carbocycles. The van der Waals surface area contributed by atoms with Gasteiger partial charge < -0.3 is 19.9 Å². The van der Waals surface area contributed by atoms with Crippen LogP contribution in [0.15, 0.2) is 53.1 Å². The molecule has 0 bridgehead atoms. The van der Waals surface area contributed by atoms with E-state index in [2.05, 4.69) is 20.8 Å². The number of rotatable bonds is 6. The number of halogens is 1. The summed E-state index contributed by atoms with van der Waals surface area (Å²) < 4.78 is 10.7. The molecule has 0 unspecified atom stereocenters. The maximum Gasteiger partial charge on any atom is 0.246 e. The van der Waals surface area contributed by atoms with Gasteiger partial charge in [0.05, 0.1) is 23.9 Å². The molecule has 6 nitrogen and oxygen atoms in total. The number of benzene rings is 2. The minimum absolute atomic E-state index is 0.306. The second kappa shape index (κ2) is 8.64. The van der Waals surface area contributed by atoms with Gasteiger partial charge >= 0.3 is 0 Å². The monoisotopic (exact) mass is 388 g/mol. The first-order valence-electron chi connectivity index (χ1n) is 8.01. The van der Waals surface area contributed by atoms with Crippen LogP contribution in [-0.4, -0.2) is 21.9 Å². The first-order chi connectivity index (χ1) is 12.7. The van der Waals surface area contributed by atoms with Crippen molar-refractivity contribution in [1.82, 2.24) is 15.5 Å². The highest BCUT2D eigenvalue weighted by molar-refractivity contribution is 7.80. The van der Waals surface area contributed by atoms with Crippen molar-refractivity contribution in [1.29, 1.82) is 0 Å². The predicted molar refractivity (Wildman–Crippen MR) is 105 cm³/mol. The fourth-order valence-corrected chi connectivity index (χ4v) is 2.56. The zero-order valence-corrected chi connectivity index (χ0v) is 15.6. The molecule has 134 valence electrons. The van der Waals surface area contributed by atoms with E-state index in [9.17, 15) is 0 Å². The molecule has 3 aromatic rings. The van der Waals surface area contributed by atoms with Gasteiger partial charge in [0.2, 0.25) is 11.7 Å². The van der Waals surface area contributed by atoms with Gasteiger partial charge in [-0.1, -0.05) is 28.9 Å². The van der Waals surface area contributed by atoms with Crippen LogP contribution < -0.4 is 15.4 Å². The van der Waals surface area contributed by atoms with Crippen LogP contribution >= 0.6 is 23.8 Å². The smallest absolute Gasteiger partial charge is 0.246 e. The van der Waals surface area contributed by atoms with Gasteiger partial charge in [-0.3, -0.25) is 0 Å². The van der Waals surface area contributed by atoms with E-state index in [1.54, 1.807) is 6.07 Å². The number of nitrogens with zero attached hydrogens (tertiary/aromatic N) is 2. The van der Waals surface area contributed by atoms with Crippen LogP contribution in [0.1, 0.15) is 12.8 Å². The van der Waals surface area contributed by atoms with Crippen molar-refractivity contribution in [3.63, 3.8) is 0 Å². The Morgan fingerprint density at radius 2 is 1.96 bits per heavy atom. The molecule has 0 fully saturated rings. The van der Waals surface area contributed by atoms with Crippen molar-refractivity contribution in [2.45, 2.75) is 13.5 Å². The summed E-state index contributed by atoms with van der Waals surface area (Å²) in [7, 11) is 0. The van der Waals surface area contributed by atoms with Crippen LogP contribution in [0.5, 0.6) is 5.75 Å². The normalized spacial score (nSPS) is 10.4. The molecule has 0 saturated heterocycles. The first-order valence-corrected chi connectivity index (χ1v) is 8.79. The van der Waals surface area contributed by atoms with Crippen molar-refractivity contribution in [3.8, 4) is 17.1 Å². The first kappa shape index (κ1) is 18.2. The third-order valence-corrected chi connectivity index (χ3v) is 3.99. The molecule has 8 heteroatoms. The van der Waals surface area contributed by atoms with Crippen LogP contribution in [0.4, 0.5) is 5.69 Å². The Labute approximate surface area is 161 Å². The lowest BCUT2D eigenvalue weighted by atomic mass is 10.2. The van der Waals surface area contributed by atoms with E-state index in [0.29, 0.717) is 35.0 Å². The number of aromatic nitrogens is 2. The summed E-state index contributed by atoms with van der Waals surface area (Å²) in [4.78, 5) is 4.36. The van der Waals surface area contributed by atoms with Crippen molar-refractivity contribution < 1.29 is 9.26 Å².